The number of rotatable bonds is 5. The van der Waals surface area contributed by atoms with Crippen molar-refractivity contribution in [3.05, 3.63) is 35.4 Å². The number of nitrogens with zero attached hydrogens (tertiary/aromatic N) is 2. The third-order valence-corrected chi connectivity index (χ3v) is 4.18. The highest BCUT2D eigenvalue weighted by Crippen LogP contribution is 2.24. The van der Waals surface area contributed by atoms with Gasteiger partial charge in [0, 0.05) is 20.1 Å². The minimum absolute atomic E-state index is 0.129. The molecule has 122 valence electrons. The van der Waals surface area contributed by atoms with Crippen molar-refractivity contribution in [2.45, 2.75) is 39.2 Å². The molecule has 0 saturated carbocycles. The second-order valence-corrected chi connectivity index (χ2v) is 5.84. The summed E-state index contributed by atoms with van der Waals surface area (Å²) in [5.74, 6) is 0.998. The van der Waals surface area contributed by atoms with Gasteiger partial charge in [-0.2, -0.15) is 0 Å². The number of aryl methyl sites for hydroxylation is 1. The van der Waals surface area contributed by atoms with E-state index >= 15 is 0 Å². The van der Waals surface area contributed by atoms with Crippen LogP contribution in [-0.4, -0.2) is 44.1 Å². The molecule has 1 fully saturated rings. The Labute approximate surface area is 134 Å². The molecule has 1 aromatic rings. The summed E-state index contributed by atoms with van der Waals surface area (Å²) in [7, 11) is 1.86. The number of benzene rings is 1. The van der Waals surface area contributed by atoms with Gasteiger partial charge in [0.05, 0.1) is 13.2 Å². The van der Waals surface area contributed by atoms with Crippen LogP contribution in [0.2, 0.25) is 0 Å². The maximum Gasteiger partial charge on any atom is 0.193 e. The summed E-state index contributed by atoms with van der Waals surface area (Å²) < 4.78 is 5.99. The Morgan fingerprint density at radius 1 is 1.36 bits per heavy atom. The van der Waals surface area contributed by atoms with Crippen LogP contribution in [-0.2, 0) is 4.74 Å². The summed E-state index contributed by atoms with van der Waals surface area (Å²) in [5.41, 5.74) is 2.58. The standard InChI is InChI=1S/C18H29N3O/c1-4-5-8-11-20-18(19-3)21-12-13-22-17(14-21)16-10-7-6-9-15(16)2/h6-7,9-10,17H,4-5,8,11-14H2,1-3H3,(H,19,20). The zero-order valence-corrected chi connectivity index (χ0v) is 14.1. The van der Waals surface area contributed by atoms with E-state index in [9.17, 15) is 0 Å². The maximum absolute atomic E-state index is 5.99. The molecule has 0 aromatic heterocycles. The number of guanidine groups is 1. The summed E-state index contributed by atoms with van der Waals surface area (Å²) in [6.45, 7) is 7.87. The first-order valence-corrected chi connectivity index (χ1v) is 8.39. The molecule has 1 heterocycles. The van der Waals surface area contributed by atoms with Gasteiger partial charge in [-0.15, -0.1) is 0 Å². The fraction of sp³-hybridized carbons (Fsp3) is 0.611. The van der Waals surface area contributed by atoms with Crippen molar-refractivity contribution < 1.29 is 4.74 Å². The number of morpholine rings is 1. The second-order valence-electron chi connectivity index (χ2n) is 5.84. The lowest BCUT2D eigenvalue weighted by molar-refractivity contribution is -0.00830. The molecule has 1 saturated heterocycles. The third kappa shape index (κ3) is 4.47. The molecule has 0 spiro atoms. The van der Waals surface area contributed by atoms with Crippen LogP contribution in [0.4, 0.5) is 0 Å². The van der Waals surface area contributed by atoms with Gasteiger partial charge in [-0.3, -0.25) is 4.99 Å². The number of unbranched alkanes of at least 4 members (excludes halogenated alkanes) is 2. The topological polar surface area (TPSA) is 36.9 Å². The van der Waals surface area contributed by atoms with Gasteiger partial charge in [-0.1, -0.05) is 44.0 Å². The van der Waals surface area contributed by atoms with Gasteiger partial charge in [0.1, 0.15) is 6.10 Å². The first-order chi connectivity index (χ1) is 10.8. The predicted octanol–water partition coefficient (Wildman–Crippen LogP) is 3.13. The summed E-state index contributed by atoms with van der Waals surface area (Å²) >= 11 is 0. The third-order valence-electron chi connectivity index (χ3n) is 4.18. The highest BCUT2D eigenvalue weighted by atomic mass is 16.5. The predicted molar refractivity (Wildman–Crippen MR) is 92.3 cm³/mol. The van der Waals surface area contributed by atoms with Crippen molar-refractivity contribution in [3.8, 4) is 0 Å². The number of nitrogens with one attached hydrogen (secondary N) is 1. The Kier molecular flexibility index (Phi) is 6.72. The summed E-state index contributed by atoms with van der Waals surface area (Å²) in [6, 6.07) is 8.48. The SMILES string of the molecule is CCCCCNC(=NC)N1CCOC(c2ccccc2C)C1. The van der Waals surface area contributed by atoms with E-state index in [1.165, 1.54) is 30.4 Å². The van der Waals surface area contributed by atoms with Crippen molar-refractivity contribution in [2.24, 2.45) is 4.99 Å². The van der Waals surface area contributed by atoms with E-state index in [4.69, 9.17) is 4.74 Å². The monoisotopic (exact) mass is 303 g/mol. The van der Waals surface area contributed by atoms with Crippen molar-refractivity contribution in [1.29, 1.82) is 0 Å². The van der Waals surface area contributed by atoms with Gasteiger partial charge in [0.2, 0.25) is 0 Å². The van der Waals surface area contributed by atoms with Crippen LogP contribution in [0.3, 0.4) is 0 Å². The zero-order chi connectivity index (χ0) is 15.8. The molecule has 2 rings (SSSR count). The average Bonchev–Trinajstić information content (AvgIpc) is 2.55. The molecule has 4 nitrogen and oxygen atoms in total. The highest BCUT2D eigenvalue weighted by Gasteiger charge is 2.24. The summed E-state index contributed by atoms with van der Waals surface area (Å²) in [4.78, 5) is 6.75. The second kappa shape index (κ2) is 8.79. The number of aliphatic imine (C=N–C) groups is 1. The van der Waals surface area contributed by atoms with E-state index in [2.05, 4.69) is 53.3 Å². The Morgan fingerprint density at radius 3 is 2.91 bits per heavy atom. The minimum Gasteiger partial charge on any atom is -0.370 e. The highest BCUT2D eigenvalue weighted by molar-refractivity contribution is 5.80. The van der Waals surface area contributed by atoms with E-state index in [0.29, 0.717) is 0 Å². The molecular formula is C18H29N3O. The minimum atomic E-state index is 0.129. The lowest BCUT2D eigenvalue weighted by Gasteiger charge is -2.35. The largest absolute Gasteiger partial charge is 0.370 e. The molecule has 1 atom stereocenters. The van der Waals surface area contributed by atoms with Gasteiger partial charge in [-0.25, -0.2) is 0 Å². The lowest BCUT2D eigenvalue weighted by Crippen LogP contribution is -2.48. The van der Waals surface area contributed by atoms with Crippen molar-refractivity contribution in [1.82, 2.24) is 10.2 Å². The van der Waals surface area contributed by atoms with Crippen LogP contribution in [0.15, 0.2) is 29.3 Å². The molecule has 4 heteroatoms. The number of hydrogen-bond acceptors (Lipinski definition) is 2. The van der Waals surface area contributed by atoms with Crippen LogP contribution in [0.1, 0.15) is 43.4 Å². The molecular weight excluding hydrogens is 274 g/mol. The fourth-order valence-electron chi connectivity index (χ4n) is 2.89. The van der Waals surface area contributed by atoms with Gasteiger partial charge in [-0.05, 0) is 24.5 Å². The number of ether oxygens (including phenoxy) is 1. The van der Waals surface area contributed by atoms with E-state index in [0.717, 1.165) is 32.2 Å². The molecule has 1 aliphatic heterocycles. The van der Waals surface area contributed by atoms with Crippen LogP contribution in [0.25, 0.3) is 0 Å². The molecule has 1 unspecified atom stereocenters. The number of hydrogen-bond donors (Lipinski definition) is 1. The van der Waals surface area contributed by atoms with Crippen LogP contribution < -0.4 is 5.32 Å². The smallest absolute Gasteiger partial charge is 0.193 e. The quantitative estimate of drug-likeness (QED) is 0.516. The molecule has 1 N–H and O–H groups in total. The Hall–Kier alpha value is -1.55. The average molecular weight is 303 g/mol. The summed E-state index contributed by atoms with van der Waals surface area (Å²) in [5, 5.41) is 3.48. The van der Waals surface area contributed by atoms with Crippen molar-refractivity contribution in [2.75, 3.05) is 33.3 Å². The Balaban J connectivity index is 1.96. The van der Waals surface area contributed by atoms with E-state index < -0.39 is 0 Å². The van der Waals surface area contributed by atoms with Gasteiger partial charge in [0.15, 0.2) is 5.96 Å². The van der Waals surface area contributed by atoms with Crippen molar-refractivity contribution in [3.63, 3.8) is 0 Å². The van der Waals surface area contributed by atoms with Crippen molar-refractivity contribution >= 4 is 5.96 Å². The van der Waals surface area contributed by atoms with Gasteiger partial charge < -0.3 is 15.0 Å². The van der Waals surface area contributed by atoms with Crippen LogP contribution >= 0.6 is 0 Å². The Morgan fingerprint density at radius 2 is 2.18 bits per heavy atom. The van der Waals surface area contributed by atoms with Crippen LogP contribution in [0.5, 0.6) is 0 Å². The molecule has 0 amide bonds. The van der Waals surface area contributed by atoms with Crippen LogP contribution in [0, 0.1) is 6.92 Å². The molecule has 1 aliphatic rings. The normalized spacial score (nSPS) is 19.3. The first kappa shape index (κ1) is 16.8. The molecule has 0 aliphatic carbocycles. The molecule has 0 radical (unpaired) electrons. The lowest BCUT2D eigenvalue weighted by atomic mass is 10.0. The van der Waals surface area contributed by atoms with E-state index in [1.807, 2.05) is 7.05 Å². The fourth-order valence-corrected chi connectivity index (χ4v) is 2.89. The van der Waals surface area contributed by atoms with Gasteiger partial charge >= 0.3 is 0 Å². The molecule has 22 heavy (non-hydrogen) atoms. The molecule has 1 aromatic carbocycles. The van der Waals surface area contributed by atoms with E-state index in [-0.39, 0.29) is 6.10 Å². The first-order valence-electron chi connectivity index (χ1n) is 8.39. The Bertz CT molecular complexity index is 487. The van der Waals surface area contributed by atoms with E-state index in [1.54, 1.807) is 0 Å². The maximum atomic E-state index is 5.99. The molecule has 0 bridgehead atoms. The summed E-state index contributed by atoms with van der Waals surface area (Å²) in [6.07, 6.45) is 3.83. The zero-order valence-electron chi connectivity index (χ0n) is 14.1. The van der Waals surface area contributed by atoms with Gasteiger partial charge in [0.25, 0.3) is 0 Å².